The topological polar surface area (TPSA) is 82.7 Å². The molecule has 22 heavy (non-hydrogen) atoms. The molecule has 7 heteroatoms. The summed E-state index contributed by atoms with van der Waals surface area (Å²) in [5, 5.41) is 17.2. The lowest BCUT2D eigenvalue weighted by atomic mass is 9.89. The number of fused-ring (bicyclic) bond motifs is 3. The molecule has 2 unspecified atom stereocenters. The van der Waals surface area contributed by atoms with E-state index in [0.717, 1.165) is 29.6 Å². The summed E-state index contributed by atoms with van der Waals surface area (Å²) in [6, 6.07) is 6.85. The van der Waals surface area contributed by atoms with Gasteiger partial charge in [-0.15, -0.1) is 12.4 Å². The van der Waals surface area contributed by atoms with Crippen LogP contribution in [0.4, 0.5) is 5.69 Å². The third kappa shape index (κ3) is 3.08. The summed E-state index contributed by atoms with van der Waals surface area (Å²) in [5.74, 6) is 0.615. The zero-order valence-corrected chi connectivity index (χ0v) is 13.0. The molecule has 4 rings (SSSR count). The van der Waals surface area contributed by atoms with Crippen molar-refractivity contribution in [3.8, 4) is 0 Å². The molecule has 2 aliphatic rings. The van der Waals surface area contributed by atoms with E-state index in [2.05, 4.69) is 26.0 Å². The smallest absolute Gasteiger partial charge is 0.224 e. The molecule has 2 bridgehead atoms. The van der Waals surface area contributed by atoms with Crippen molar-refractivity contribution in [3.05, 3.63) is 18.2 Å². The summed E-state index contributed by atoms with van der Waals surface area (Å²) in [4.78, 5) is 12.2. The average Bonchev–Trinajstić information content (AvgIpc) is 3.04. The highest BCUT2D eigenvalue weighted by Gasteiger charge is 2.34. The summed E-state index contributed by atoms with van der Waals surface area (Å²) < 4.78 is 0. The van der Waals surface area contributed by atoms with Gasteiger partial charge >= 0.3 is 0 Å². The Labute approximate surface area is 134 Å². The van der Waals surface area contributed by atoms with Crippen molar-refractivity contribution < 1.29 is 4.79 Å². The van der Waals surface area contributed by atoms with Crippen LogP contribution in [0.15, 0.2) is 18.2 Å². The molecule has 1 aromatic heterocycles. The van der Waals surface area contributed by atoms with Crippen LogP contribution in [-0.2, 0) is 4.79 Å². The molecule has 6 nitrogen and oxygen atoms in total. The predicted octanol–water partition coefficient (Wildman–Crippen LogP) is 2.24. The Morgan fingerprint density at radius 1 is 1.18 bits per heavy atom. The summed E-state index contributed by atoms with van der Waals surface area (Å²) in [5.41, 5.74) is 2.37. The monoisotopic (exact) mass is 321 g/mol. The van der Waals surface area contributed by atoms with Gasteiger partial charge in [-0.3, -0.25) is 4.79 Å². The number of nitrogens with one attached hydrogen (secondary N) is 3. The van der Waals surface area contributed by atoms with Crippen LogP contribution in [0.3, 0.4) is 0 Å². The van der Waals surface area contributed by atoms with Gasteiger partial charge in [-0.1, -0.05) is 0 Å². The van der Waals surface area contributed by atoms with Crippen molar-refractivity contribution >= 4 is 35.0 Å². The van der Waals surface area contributed by atoms with Crippen molar-refractivity contribution in [2.45, 2.75) is 44.2 Å². The fourth-order valence-electron chi connectivity index (χ4n) is 3.73. The Morgan fingerprint density at radius 3 is 2.68 bits per heavy atom. The van der Waals surface area contributed by atoms with Gasteiger partial charge in [-0.25, -0.2) is 0 Å². The first-order valence-corrected chi connectivity index (χ1v) is 7.63. The minimum atomic E-state index is 0. The molecular formula is C15H20ClN5O. The maximum atomic E-state index is 12.2. The average molecular weight is 322 g/mol. The Kier molecular flexibility index (Phi) is 4.31. The second-order valence-electron chi connectivity index (χ2n) is 6.25. The standard InChI is InChI=1S/C15H19N5O.ClH/c21-15(7-9-5-10-1-2-11(6-9)16-10)17-12-3-4-13-14(8-12)19-20-18-13;/h3-4,8-11,16H,1-2,5-7H2,(H,17,21)(H,18,19,20);1H. The maximum absolute atomic E-state index is 12.2. The number of hydrogen-bond donors (Lipinski definition) is 3. The summed E-state index contributed by atoms with van der Waals surface area (Å²) in [6.07, 6.45) is 5.42. The second kappa shape index (κ2) is 6.22. The number of nitrogens with zero attached hydrogens (tertiary/aromatic N) is 2. The van der Waals surface area contributed by atoms with Crippen LogP contribution in [0.25, 0.3) is 11.0 Å². The number of anilines is 1. The van der Waals surface area contributed by atoms with Crippen molar-refractivity contribution in [1.82, 2.24) is 20.7 Å². The van der Waals surface area contributed by atoms with Crippen molar-refractivity contribution in [2.24, 2.45) is 5.92 Å². The fourth-order valence-corrected chi connectivity index (χ4v) is 3.73. The van der Waals surface area contributed by atoms with Crippen LogP contribution in [0.2, 0.25) is 0 Å². The van der Waals surface area contributed by atoms with E-state index in [1.54, 1.807) is 0 Å². The molecule has 3 N–H and O–H groups in total. The van der Waals surface area contributed by atoms with Crippen LogP contribution < -0.4 is 10.6 Å². The van der Waals surface area contributed by atoms with Gasteiger partial charge in [0.1, 0.15) is 11.0 Å². The number of H-pyrrole nitrogens is 1. The molecule has 2 saturated heterocycles. The highest BCUT2D eigenvalue weighted by molar-refractivity contribution is 5.93. The normalized spacial score (nSPS) is 26.6. The van der Waals surface area contributed by atoms with Crippen LogP contribution in [0.5, 0.6) is 0 Å². The van der Waals surface area contributed by atoms with Crippen LogP contribution in [0, 0.1) is 5.92 Å². The van der Waals surface area contributed by atoms with E-state index in [1.165, 1.54) is 12.8 Å². The number of amides is 1. The van der Waals surface area contributed by atoms with Gasteiger partial charge in [0.05, 0.1) is 0 Å². The molecule has 0 aliphatic carbocycles. The molecule has 118 valence electrons. The van der Waals surface area contributed by atoms with Gasteiger partial charge in [-0.2, -0.15) is 15.4 Å². The number of carbonyl (C=O) groups is 1. The number of aromatic amines is 1. The van der Waals surface area contributed by atoms with E-state index in [9.17, 15) is 4.79 Å². The molecule has 3 heterocycles. The Balaban J connectivity index is 0.00000144. The predicted molar refractivity (Wildman–Crippen MR) is 87.1 cm³/mol. The summed E-state index contributed by atoms with van der Waals surface area (Å²) >= 11 is 0. The number of hydrogen-bond acceptors (Lipinski definition) is 4. The third-order valence-corrected chi connectivity index (χ3v) is 4.64. The fraction of sp³-hybridized carbons (Fsp3) is 0.533. The lowest BCUT2D eigenvalue weighted by Gasteiger charge is -2.28. The van der Waals surface area contributed by atoms with E-state index in [4.69, 9.17) is 0 Å². The van der Waals surface area contributed by atoms with Gasteiger partial charge in [0.15, 0.2) is 0 Å². The lowest BCUT2D eigenvalue weighted by Crippen LogP contribution is -2.39. The first-order chi connectivity index (χ1) is 10.3. The maximum Gasteiger partial charge on any atom is 0.224 e. The Hall–Kier alpha value is -1.66. The zero-order chi connectivity index (χ0) is 14.2. The van der Waals surface area contributed by atoms with Crippen LogP contribution in [0.1, 0.15) is 32.1 Å². The van der Waals surface area contributed by atoms with Crippen molar-refractivity contribution in [2.75, 3.05) is 5.32 Å². The lowest BCUT2D eigenvalue weighted by molar-refractivity contribution is -0.117. The number of benzene rings is 1. The number of carbonyl (C=O) groups excluding carboxylic acids is 1. The van der Waals surface area contributed by atoms with E-state index in [-0.39, 0.29) is 18.3 Å². The van der Waals surface area contributed by atoms with Gasteiger partial charge in [-0.05, 0) is 49.8 Å². The number of rotatable bonds is 3. The van der Waals surface area contributed by atoms with Gasteiger partial charge in [0.2, 0.25) is 5.91 Å². The molecule has 1 aromatic carbocycles. The molecular weight excluding hydrogens is 302 g/mol. The van der Waals surface area contributed by atoms with Crippen molar-refractivity contribution in [1.29, 1.82) is 0 Å². The molecule has 2 aliphatic heterocycles. The Morgan fingerprint density at radius 2 is 1.91 bits per heavy atom. The van der Waals surface area contributed by atoms with E-state index < -0.39 is 0 Å². The molecule has 2 atom stereocenters. The first kappa shape index (κ1) is 15.2. The van der Waals surface area contributed by atoms with Gasteiger partial charge in [0.25, 0.3) is 0 Å². The summed E-state index contributed by atoms with van der Waals surface area (Å²) in [7, 11) is 0. The minimum absolute atomic E-state index is 0. The molecule has 2 aromatic rings. The highest BCUT2D eigenvalue weighted by Crippen LogP contribution is 2.32. The number of aromatic nitrogens is 3. The molecule has 0 radical (unpaired) electrons. The molecule has 0 saturated carbocycles. The van der Waals surface area contributed by atoms with Gasteiger partial charge in [0, 0.05) is 24.2 Å². The SMILES string of the molecule is Cl.O=C(CC1CC2CCC(C1)N2)Nc1ccc2n[nH]nc2c1. The summed E-state index contributed by atoms with van der Waals surface area (Å²) in [6.45, 7) is 0. The van der Waals surface area contributed by atoms with E-state index in [0.29, 0.717) is 24.4 Å². The van der Waals surface area contributed by atoms with Crippen molar-refractivity contribution in [3.63, 3.8) is 0 Å². The quantitative estimate of drug-likeness (QED) is 0.809. The molecule has 2 fully saturated rings. The first-order valence-electron chi connectivity index (χ1n) is 7.63. The van der Waals surface area contributed by atoms with E-state index >= 15 is 0 Å². The molecule has 1 amide bonds. The number of halogens is 1. The minimum Gasteiger partial charge on any atom is -0.326 e. The van der Waals surface area contributed by atoms with E-state index in [1.807, 2.05) is 18.2 Å². The largest absolute Gasteiger partial charge is 0.326 e. The highest BCUT2D eigenvalue weighted by atomic mass is 35.5. The third-order valence-electron chi connectivity index (χ3n) is 4.64. The Bertz CT molecular complexity index is 661. The second-order valence-corrected chi connectivity index (χ2v) is 6.25. The van der Waals surface area contributed by atoms with Crippen LogP contribution >= 0.6 is 12.4 Å². The molecule has 0 spiro atoms. The van der Waals surface area contributed by atoms with Crippen LogP contribution in [-0.4, -0.2) is 33.4 Å². The zero-order valence-electron chi connectivity index (χ0n) is 12.2. The number of piperidine rings is 1. The van der Waals surface area contributed by atoms with Gasteiger partial charge < -0.3 is 10.6 Å².